The quantitative estimate of drug-likeness (QED) is 0.654. The van der Waals surface area contributed by atoms with Crippen molar-refractivity contribution in [3.8, 4) is 5.75 Å². The molecule has 1 aliphatic carbocycles. The summed E-state index contributed by atoms with van der Waals surface area (Å²) < 4.78 is 40.4. The number of halogens is 3. The summed E-state index contributed by atoms with van der Waals surface area (Å²) in [6.45, 7) is 2.09. The fourth-order valence-electron chi connectivity index (χ4n) is 2.81. The summed E-state index contributed by atoms with van der Waals surface area (Å²) in [5, 5.41) is 3.17. The highest BCUT2D eigenvalue weighted by Crippen LogP contribution is 2.39. The van der Waals surface area contributed by atoms with Crippen molar-refractivity contribution < 1.29 is 17.9 Å². The van der Waals surface area contributed by atoms with Gasteiger partial charge in [0, 0.05) is 0 Å². The molecule has 0 radical (unpaired) electrons. The fourth-order valence-corrected chi connectivity index (χ4v) is 2.81. The third-order valence-corrected chi connectivity index (χ3v) is 3.79. The molecule has 0 heterocycles. The molecule has 0 aliphatic heterocycles. The van der Waals surface area contributed by atoms with Gasteiger partial charge in [-0.1, -0.05) is 36.2 Å². The number of hydrogen-bond acceptors (Lipinski definition) is 3. The van der Waals surface area contributed by atoms with E-state index in [2.05, 4.69) is 16.8 Å². The Balaban J connectivity index is 2.25. The van der Waals surface area contributed by atoms with Gasteiger partial charge < -0.3 is 4.74 Å². The van der Waals surface area contributed by atoms with Gasteiger partial charge >= 0.3 is 6.36 Å². The smallest absolute Gasteiger partial charge is 0.406 e. The van der Waals surface area contributed by atoms with Crippen LogP contribution in [0, 0.1) is 4.91 Å². The average Bonchev–Trinajstić information content (AvgIpc) is 2.87. The molecule has 0 bridgehead atoms. The van der Waals surface area contributed by atoms with Crippen molar-refractivity contribution in [1.29, 1.82) is 0 Å². The Morgan fingerprint density at radius 2 is 1.95 bits per heavy atom. The topological polar surface area (TPSA) is 38.7 Å². The first-order valence-corrected chi connectivity index (χ1v) is 7.35. The highest BCUT2D eigenvalue weighted by atomic mass is 19.4. The largest absolute Gasteiger partial charge is 0.573 e. The SMILES string of the molecule is CCCCC1=C(c2ccc(OC(F)(F)F)cc2)C(N=O)CC1. The first-order valence-electron chi connectivity index (χ1n) is 7.35. The zero-order valence-electron chi connectivity index (χ0n) is 12.3. The Morgan fingerprint density at radius 3 is 2.50 bits per heavy atom. The highest BCUT2D eigenvalue weighted by molar-refractivity contribution is 5.75. The minimum absolute atomic E-state index is 0.263. The second-order valence-corrected chi connectivity index (χ2v) is 5.35. The Hall–Kier alpha value is -1.85. The zero-order valence-corrected chi connectivity index (χ0v) is 12.3. The summed E-state index contributed by atoms with van der Waals surface area (Å²) in [6, 6.07) is 5.26. The normalized spacial score (nSPS) is 18.6. The van der Waals surface area contributed by atoms with Gasteiger partial charge in [-0.2, -0.15) is 4.91 Å². The lowest BCUT2D eigenvalue weighted by molar-refractivity contribution is -0.274. The molecule has 6 heteroatoms. The molecule has 1 unspecified atom stereocenters. The molecule has 22 heavy (non-hydrogen) atoms. The van der Waals surface area contributed by atoms with E-state index >= 15 is 0 Å². The first-order chi connectivity index (χ1) is 10.4. The van der Waals surface area contributed by atoms with Crippen LogP contribution in [0.15, 0.2) is 35.0 Å². The summed E-state index contributed by atoms with van der Waals surface area (Å²) >= 11 is 0. The van der Waals surface area contributed by atoms with E-state index in [1.54, 1.807) is 12.1 Å². The molecule has 1 aromatic carbocycles. The number of unbranched alkanes of at least 4 members (excludes halogenated alkanes) is 1. The van der Waals surface area contributed by atoms with E-state index < -0.39 is 12.4 Å². The highest BCUT2D eigenvalue weighted by Gasteiger charge is 2.31. The summed E-state index contributed by atoms with van der Waals surface area (Å²) in [5.74, 6) is -0.263. The Morgan fingerprint density at radius 1 is 1.27 bits per heavy atom. The molecule has 0 amide bonds. The van der Waals surface area contributed by atoms with Crippen LogP contribution in [0.3, 0.4) is 0 Å². The number of benzene rings is 1. The van der Waals surface area contributed by atoms with Crippen molar-refractivity contribution in [2.75, 3.05) is 0 Å². The molecule has 1 atom stereocenters. The van der Waals surface area contributed by atoms with Gasteiger partial charge in [0.2, 0.25) is 0 Å². The lowest BCUT2D eigenvalue weighted by Gasteiger charge is -2.12. The lowest BCUT2D eigenvalue weighted by atomic mass is 9.97. The summed E-state index contributed by atoms with van der Waals surface area (Å²) in [6.07, 6.45) is -0.217. The van der Waals surface area contributed by atoms with E-state index in [0.717, 1.165) is 36.8 Å². The average molecular weight is 313 g/mol. The van der Waals surface area contributed by atoms with Crippen LogP contribution in [0.1, 0.15) is 44.6 Å². The van der Waals surface area contributed by atoms with Crippen molar-refractivity contribution >= 4 is 5.57 Å². The minimum Gasteiger partial charge on any atom is -0.406 e. The molecule has 1 aliphatic rings. The molecule has 120 valence electrons. The van der Waals surface area contributed by atoms with Gasteiger partial charge in [-0.25, -0.2) is 0 Å². The monoisotopic (exact) mass is 313 g/mol. The maximum absolute atomic E-state index is 12.2. The predicted molar refractivity (Wildman–Crippen MR) is 78.4 cm³/mol. The van der Waals surface area contributed by atoms with Crippen molar-refractivity contribution in [1.82, 2.24) is 0 Å². The van der Waals surface area contributed by atoms with Crippen LogP contribution < -0.4 is 4.74 Å². The Kier molecular flexibility index (Phi) is 5.21. The number of nitrogens with zero attached hydrogens (tertiary/aromatic N) is 1. The zero-order chi connectivity index (χ0) is 16.2. The maximum atomic E-state index is 12.2. The van der Waals surface area contributed by atoms with Crippen molar-refractivity contribution in [2.45, 2.75) is 51.4 Å². The van der Waals surface area contributed by atoms with Gasteiger partial charge in [-0.05, 0) is 49.0 Å². The molecule has 2 rings (SSSR count). The molecule has 0 saturated carbocycles. The summed E-state index contributed by atoms with van der Waals surface area (Å²) in [4.78, 5) is 11.0. The van der Waals surface area contributed by atoms with Crippen molar-refractivity contribution in [2.24, 2.45) is 5.18 Å². The lowest BCUT2D eigenvalue weighted by Crippen LogP contribution is -2.17. The molecular weight excluding hydrogens is 295 g/mol. The van der Waals surface area contributed by atoms with Gasteiger partial charge in [-0.15, -0.1) is 13.2 Å². The number of ether oxygens (including phenoxy) is 1. The van der Waals surface area contributed by atoms with E-state index in [9.17, 15) is 18.1 Å². The Labute approximate surface area is 127 Å². The van der Waals surface area contributed by atoms with Gasteiger partial charge in [0.05, 0.1) is 0 Å². The molecule has 1 aromatic rings. The number of hydrogen-bond donors (Lipinski definition) is 0. The maximum Gasteiger partial charge on any atom is 0.573 e. The van der Waals surface area contributed by atoms with Crippen molar-refractivity contribution in [3.63, 3.8) is 0 Å². The number of nitroso groups, excluding NO2 is 1. The van der Waals surface area contributed by atoms with Crippen LogP contribution in [0.4, 0.5) is 13.2 Å². The summed E-state index contributed by atoms with van der Waals surface area (Å²) in [5.41, 5.74) is 2.82. The minimum atomic E-state index is -4.70. The first kappa shape index (κ1) is 16.5. The van der Waals surface area contributed by atoms with Gasteiger partial charge in [0.25, 0.3) is 0 Å². The predicted octanol–water partition coefficient (Wildman–Crippen LogP) is 5.46. The number of rotatable bonds is 6. The third kappa shape index (κ3) is 4.08. The van der Waals surface area contributed by atoms with Gasteiger partial charge in [0.15, 0.2) is 0 Å². The van der Waals surface area contributed by atoms with Crippen LogP contribution in [0.5, 0.6) is 5.75 Å². The molecule has 0 N–H and O–H groups in total. The summed E-state index contributed by atoms with van der Waals surface area (Å²) in [7, 11) is 0. The van der Waals surface area contributed by atoms with E-state index in [1.165, 1.54) is 17.7 Å². The van der Waals surface area contributed by atoms with Crippen LogP contribution in [-0.2, 0) is 0 Å². The third-order valence-electron chi connectivity index (χ3n) is 3.79. The second-order valence-electron chi connectivity index (χ2n) is 5.35. The van der Waals surface area contributed by atoms with Crippen LogP contribution >= 0.6 is 0 Å². The molecule has 0 spiro atoms. The molecule has 0 aromatic heterocycles. The van der Waals surface area contributed by atoms with E-state index in [1.807, 2.05) is 0 Å². The molecule has 0 fully saturated rings. The molecule has 0 saturated heterocycles. The standard InChI is InChI=1S/C16H18F3NO2/c1-2-3-4-11-7-10-14(20-21)15(11)12-5-8-13(9-6-12)22-16(17,18)19/h5-6,8-9,14H,2-4,7,10H2,1H3. The Bertz CT molecular complexity index is 550. The van der Waals surface area contributed by atoms with Crippen LogP contribution in [0.2, 0.25) is 0 Å². The van der Waals surface area contributed by atoms with Gasteiger partial charge in [0.1, 0.15) is 11.8 Å². The molecular formula is C16H18F3NO2. The fraction of sp³-hybridized carbons (Fsp3) is 0.500. The van der Waals surface area contributed by atoms with Crippen LogP contribution in [0.25, 0.3) is 5.57 Å². The van der Waals surface area contributed by atoms with Crippen molar-refractivity contribution in [3.05, 3.63) is 40.3 Å². The van der Waals surface area contributed by atoms with E-state index in [-0.39, 0.29) is 5.75 Å². The number of alkyl halides is 3. The second kappa shape index (κ2) is 6.94. The van der Waals surface area contributed by atoms with Gasteiger partial charge in [-0.3, -0.25) is 0 Å². The van der Waals surface area contributed by atoms with E-state index in [4.69, 9.17) is 0 Å². The molecule has 3 nitrogen and oxygen atoms in total. The van der Waals surface area contributed by atoms with Crippen LogP contribution in [-0.4, -0.2) is 12.4 Å². The van der Waals surface area contributed by atoms with E-state index in [0.29, 0.717) is 6.42 Å². The number of allylic oxidation sites excluding steroid dienone is 1.